The Morgan fingerprint density at radius 2 is 2.17 bits per heavy atom. The van der Waals surface area contributed by atoms with E-state index >= 15 is 0 Å². The molecule has 3 N–H and O–H groups in total. The highest BCUT2D eigenvalue weighted by Crippen LogP contribution is 2.26. The van der Waals surface area contributed by atoms with E-state index in [2.05, 4.69) is 15.9 Å². The van der Waals surface area contributed by atoms with E-state index in [9.17, 15) is 9.90 Å². The van der Waals surface area contributed by atoms with Gasteiger partial charge in [-0.05, 0) is 28.1 Å². The molecule has 0 saturated heterocycles. The molecule has 64 valence electrons. The minimum absolute atomic E-state index is 0.0203. The number of hydrogen-bond donors (Lipinski definition) is 3. The third-order valence-electron chi connectivity index (χ3n) is 1.33. The third kappa shape index (κ3) is 1.57. The molecular weight excluding hydrogens is 226 g/mol. The molecule has 0 heterocycles. The highest BCUT2D eigenvalue weighted by molar-refractivity contribution is 9.10. The summed E-state index contributed by atoms with van der Waals surface area (Å²) < 4.78 is 0.406. The van der Waals surface area contributed by atoms with Gasteiger partial charge in [0.1, 0.15) is 5.75 Å². The lowest BCUT2D eigenvalue weighted by atomic mass is 10.2. The van der Waals surface area contributed by atoms with Gasteiger partial charge < -0.3 is 5.11 Å². The van der Waals surface area contributed by atoms with Crippen LogP contribution in [-0.4, -0.2) is 16.2 Å². The number of amides is 1. The van der Waals surface area contributed by atoms with Crippen LogP contribution < -0.4 is 5.48 Å². The lowest BCUT2D eigenvalue weighted by Crippen LogP contribution is -2.18. The number of carbonyl (C=O) groups is 1. The van der Waals surface area contributed by atoms with E-state index in [1.165, 1.54) is 11.5 Å². The van der Waals surface area contributed by atoms with Gasteiger partial charge in [0.25, 0.3) is 5.91 Å². The lowest BCUT2D eigenvalue weighted by Gasteiger charge is -2.02. The topological polar surface area (TPSA) is 69.6 Å². The average Bonchev–Trinajstić information content (AvgIpc) is 2.08. The largest absolute Gasteiger partial charge is 0.506 e. The predicted molar refractivity (Wildman–Crippen MR) is 45.1 cm³/mol. The summed E-state index contributed by atoms with van der Waals surface area (Å²) >= 11 is 3.03. The standard InChI is InChI=1S/C7H6BrNO3/c8-5-3-1-2-4(6(5)10)7(11)9-12/h1-3,10,12H,(H,9,11). The van der Waals surface area contributed by atoms with E-state index < -0.39 is 5.91 Å². The molecule has 1 amide bonds. The molecule has 0 fully saturated rings. The van der Waals surface area contributed by atoms with Crippen LogP contribution in [0.25, 0.3) is 0 Å². The average molecular weight is 232 g/mol. The molecule has 0 aliphatic carbocycles. The molecule has 4 nitrogen and oxygen atoms in total. The number of rotatable bonds is 1. The summed E-state index contributed by atoms with van der Waals surface area (Å²) in [5.74, 6) is -0.933. The number of hydroxylamine groups is 1. The van der Waals surface area contributed by atoms with Crippen molar-refractivity contribution < 1.29 is 15.1 Å². The molecule has 0 aliphatic rings. The maximum atomic E-state index is 10.8. The number of halogens is 1. The summed E-state index contributed by atoms with van der Waals surface area (Å²) in [6, 6.07) is 4.56. The van der Waals surface area contributed by atoms with Crippen molar-refractivity contribution in [2.24, 2.45) is 0 Å². The van der Waals surface area contributed by atoms with E-state index in [-0.39, 0.29) is 11.3 Å². The Kier molecular flexibility index (Phi) is 2.67. The zero-order valence-corrected chi connectivity index (χ0v) is 7.50. The molecule has 1 rings (SSSR count). The maximum Gasteiger partial charge on any atom is 0.278 e. The number of aromatic hydroxyl groups is 1. The van der Waals surface area contributed by atoms with Crippen molar-refractivity contribution in [1.29, 1.82) is 0 Å². The van der Waals surface area contributed by atoms with Gasteiger partial charge in [0.15, 0.2) is 0 Å². The molecule has 0 spiro atoms. The van der Waals surface area contributed by atoms with Crippen LogP contribution in [0.2, 0.25) is 0 Å². The second-order valence-electron chi connectivity index (χ2n) is 2.08. The first-order valence-electron chi connectivity index (χ1n) is 3.08. The summed E-state index contributed by atoms with van der Waals surface area (Å²) in [6.07, 6.45) is 0. The molecule has 1 aromatic rings. The number of benzene rings is 1. The lowest BCUT2D eigenvalue weighted by molar-refractivity contribution is 0.0703. The predicted octanol–water partition coefficient (Wildman–Crippen LogP) is 1.27. The molecule has 12 heavy (non-hydrogen) atoms. The second-order valence-corrected chi connectivity index (χ2v) is 2.93. The number of carbonyl (C=O) groups excluding carboxylic acids is 1. The number of phenols is 1. The minimum Gasteiger partial charge on any atom is -0.506 e. The van der Waals surface area contributed by atoms with Crippen molar-refractivity contribution in [2.45, 2.75) is 0 Å². The molecule has 0 atom stereocenters. The van der Waals surface area contributed by atoms with E-state index in [1.807, 2.05) is 0 Å². The van der Waals surface area contributed by atoms with Gasteiger partial charge >= 0.3 is 0 Å². The third-order valence-corrected chi connectivity index (χ3v) is 1.97. The van der Waals surface area contributed by atoms with Gasteiger partial charge in [-0.2, -0.15) is 0 Å². The Hall–Kier alpha value is -1.07. The van der Waals surface area contributed by atoms with Gasteiger partial charge in [-0.25, -0.2) is 5.48 Å². The number of phenolic OH excluding ortho intramolecular Hbond substituents is 1. The zero-order chi connectivity index (χ0) is 9.14. The number of para-hydroxylation sites is 1. The van der Waals surface area contributed by atoms with Crippen molar-refractivity contribution in [1.82, 2.24) is 5.48 Å². The molecule has 0 saturated carbocycles. The summed E-state index contributed by atoms with van der Waals surface area (Å²) in [5, 5.41) is 17.6. The first-order chi connectivity index (χ1) is 5.66. The monoisotopic (exact) mass is 231 g/mol. The molecule has 0 radical (unpaired) electrons. The fourth-order valence-electron chi connectivity index (χ4n) is 0.759. The molecular formula is C7H6BrNO3. The molecule has 0 aromatic heterocycles. The van der Waals surface area contributed by atoms with Crippen LogP contribution in [0, 0.1) is 0 Å². The number of nitrogens with one attached hydrogen (secondary N) is 1. The second kappa shape index (κ2) is 3.55. The van der Waals surface area contributed by atoms with Crippen LogP contribution in [0.5, 0.6) is 5.75 Å². The number of hydrogen-bond acceptors (Lipinski definition) is 3. The van der Waals surface area contributed by atoms with Gasteiger partial charge in [0, 0.05) is 0 Å². The van der Waals surface area contributed by atoms with Crippen molar-refractivity contribution >= 4 is 21.8 Å². The molecule has 1 aromatic carbocycles. The summed E-state index contributed by atoms with van der Waals surface area (Å²) in [7, 11) is 0. The normalized spacial score (nSPS) is 9.50. The van der Waals surface area contributed by atoms with Crippen LogP contribution in [0.3, 0.4) is 0 Å². The van der Waals surface area contributed by atoms with Crippen LogP contribution in [0.1, 0.15) is 10.4 Å². The summed E-state index contributed by atoms with van der Waals surface area (Å²) in [6.45, 7) is 0. The van der Waals surface area contributed by atoms with Crippen molar-refractivity contribution in [3.63, 3.8) is 0 Å². The van der Waals surface area contributed by atoms with Gasteiger partial charge in [-0.15, -0.1) is 0 Å². The molecule has 5 heteroatoms. The van der Waals surface area contributed by atoms with Crippen molar-refractivity contribution in [3.05, 3.63) is 28.2 Å². The van der Waals surface area contributed by atoms with E-state index in [0.29, 0.717) is 4.47 Å². The Morgan fingerprint density at radius 3 is 2.75 bits per heavy atom. The van der Waals surface area contributed by atoms with Crippen LogP contribution in [0.15, 0.2) is 22.7 Å². The van der Waals surface area contributed by atoms with Crippen LogP contribution in [-0.2, 0) is 0 Å². The Balaban J connectivity index is 3.16. The van der Waals surface area contributed by atoms with Gasteiger partial charge in [-0.1, -0.05) is 6.07 Å². The minimum atomic E-state index is -0.742. The summed E-state index contributed by atoms with van der Waals surface area (Å²) in [5.41, 5.74) is 1.45. The van der Waals surface area contributed by atoms with Crippen LogP contribution in [0.4, 0.5) is 0 Å². The Labute approximate surface area is 76.9 Å². The highest BCUT2D eigenvalue weighted by atomic mass is 79.9. The van der Waals surface area contributed by atoms with Gasteiger partial charge in [-0.3, -0.25) is 10.0 Å². The first kappa shape index (κ1) is 9.02. The molecule has 0 unspecified atom stereocenters. The first-order valence-corrected chi connectivity index (χ1v) is 3.88. The van der Waals surface area contributed by atoms with E-state index in [0.717, 1.165) is 0 Å². The van der Waals surface area contributed by atoms with Gasteiger partial charge in [0.05, 0.1) is 10.0 Å². The van der Waals surface area contributed by atoms with E-state index in [4.69, 9.17) is 5.21 Å². The maximum absolute atomic E-state index is 10.8. The summed E-state index contributed by atoms with van der Waals surface area (Å²) in [4.78, 5) is 10.8. The molecule has 0 bridgehead atoms. The smallest absolute Gasteiger partial charge is 0.278 e. The zero-order valence-electron chi connectivity index (χ0n) is 5.91. The quantitative estimate of drug-likeness (QED) is 0.504. The Morgan fingerprint density at radius 1 is 1.50 bits per heavy atom. The van der Waals surface area contributed by atoms with E-state index in [1.54, 1.807) is 12.1 Å². The molecule has 0 aliphatic heterocycles. The van der Waals surface area contributed by atoms with Crippen molar-refractivity contribution in [3.8, 4) is 5.75 Å². The van der Waals surface area contributed by atoms with Crippen LogP contribution >= 0.6 is 15.9 Å². The fraction of sp³-hybridized carbons (Fsp3) is 0. The van der Waals surface area contributed by atoms with Gasteiger partial charge in [0.2, 0.25) is 0 Å². The van der Waals surface area contributed by atoms with Crippen molar-refractivity contribution in [2.75, 3.05) is 0 Å². The fourth-order valence-corrected chi connectivity index (χ4v) is 1.12. The highest BCUT2D eigenvalue weighted by Gasteiger charge is 2.11. The SMILES string of the molecule is O=C(NO)c1cccc(Br)c1O. The Bertz CT molecular complexity index is 314.